The molecule has 140 valence electrons. The number of carbonyl (C=O) groups is 2. The Balaban J connectivity index is 1.33. The molecule has 2 N–H and O–H groups in total. The van der Waals surface area contributed by atoms with E-state index >= 15 is 0 Å². The van der Waals surface area contributed by atoms with E-state index in [9.17, 15) is 9.59 Å². The molecule has 1 fully saturated rings. The van der Waals surface area contributed by atoms with E-state index in [4.69, 9.17) is 0 Å². The Kier molecular flexibility index (Phi) is 5.30. The maximum atomic E-state index is 12.4. The zero-order chi connectivity index (χ0) is 18.6. The van der Waals surface area contributed by atoms with Gasteiger partial charge in [-0.1, -0.05) is 18.9 Å². The zero-order valence-corrected chi connectivity index (χ0v) is 16.2. The number of carbonyl (C=O) groups excluding carboxylic acids is 2. The quantitative estimate of drug-likeness (QED) is 0.663. The summed E-state index contributed by atoms with van der Waals surface area (Å²) in [6.07, 6.45) is 9.23. The van der Waals surface area contributed by atoms with E-state index in [0.717, 1.165) is 22.7 Å². The molecule has 0 atom stereocenters. The summed E-state index contributed by atoms with van der Waals surface area (Å²) >= 11 is 2.94. The van der Waals surface area contributed by atoms with E-state index in [-0.39, 0.29) is 24.4 Å². The van der Waals surface area contributed by atoms with Crippen LogP contribution in [-0.4, -0.2) is 32.6 Å². The molecule has 0 spiro atoms. The van der Waals surface area contributed by atoms with Crippen LogP contribution in [0.4, 0.5) is 5.69 Å². The number of rotatable bonds is 6. The molecule has 2 amide bonds. The molecule has 0 aliphatic heterocycles. The van der Waals surface area contributed by atoms with E-state index in [1.54, 1.807) is 29.9 Å². The first-order chi connectivity index (χ1) is 13.2. The summed E-state index contributed by atoms with van der Waals surface area (Å²) in [4.78, 5) is 30.4. The van der Waals surface area contributed by atoms with Crippen molar-refractivity contribution >= 4 is 40.2 Å². The predicted molar refractivity (Wildman–Crippen MR) is 106 cm³/mol. The number of thiazole rings is 1. The minimum absolute atomic E-state index is 0.0501. The molecule has 3 aromatic rings. The Morgan fingerprint density at radius 2 is 2.11 bits per heavy atom. The summed E-state index contributed by atoms with van der Waals surface area (Å²) in [5.74, 6) is -0.281. The van der Waals surface area contributed by atoms with Crippen LogP contribution in [0.5, 0.6) is 0 Å². The van der Waals surface area contributed by atoms with Crippen molar-refractivity contribution in [2.45, 2.75) is 38.3 Å². The summed E-state index contributed by atoms with van der Waals surface area (Å²) in [5, 5.41) is 12.8. The summed E-state index contributed by atoms with van der Waals surface area (Å²) < 4.78 is 1.53. The molecule has 0 bridgehead atoms. The average molecular weight is 402 g/mol. The van der Waals surface area contributed by atoms with Crippen molar-refractivity contribution < 1.29 is 9.59 Å². The second kappa shape index (κ2) is 8.01. The lowest BCUT2D eigenvalue weighted by Gasteiger charge is -2.11. The number of nitrogens with zero attached hydrogens (tertiary/aromatic N) is 3. The fourth-order valence-electron chi connectivity index (χ4n) is 3.09. The van der Waals surface area contributed by atoms with Crippen molar-refractivity contribution in [3.05, 3.63) is 41.0 Å². The third-order valence-corrected chi connectivity index (χ3v) is 6.41. The Hall–Kier alpha value is -2.52. The van der Waals surface area contributed by atoms with Crippen molar-refractivity contribution in [1.29, 1.82) is 0 Å². The van der Waals surface area contributed by atoms with Gasteiger partial charge in [0.2, 0.25) is 5.91 Å². The van der Waals surface area contributed by atoms with Gasteiger partial charge in [-0.25, -0.2) is 4.98 Å². The first-order valence-corrected chi connectivity index (χ1v) is 10.5. The largest absolute Gasteiger partial charge is 0.352 e. The number of nitrogens with one attached hydrogen (secondary N) is 2. The predicted octanol–water partition coefficient (Wildman–Crippen LogP) is 3.38. The van der Waals surface area contributed by atoms with E-state index in [2.05, 4.69) is 20.7 Å². The topological polar surface area (TPSA) is 88.9 Å². The van der Waals surface area contributed by atoms with Crippen LogP contribution >= 0.6 is 22.7 Å². The maximum Gasteiger partial charge on any atom is 0.267 e. The molecule has 3 aromatic heterocycles. The lowest BCUT2D eigenvalue weighted by atomic mass is 10.2. The molecule has 3 heterocycles. The van der Waals surface area contributed by atoms with Crippen molar-refractivity contribution in [3.8, 4) is 9.88 Å². The molecule has 27 heavy (non-hydrogen) atoms. The molecule has 1 aliphatic rings. The maximum absolute atomic E-state index is 12.4. The monoisotopic (exact) mass is 401 g/mol. The van der Waals surface area contributed by atoms with E-state index < -0.39 is 0 Å². The number of amides is 2. The Labute approximate surface area is 164 Å². The van der Waals surface area contributed by atoms with Crippen molar-refractivity contribution in [2.24, 2.45) is 0 Å². The highest BCUT2D eigenvalue weighted by Gasteiger charge is 2.18. The van der Waals surface area contributed by atoms with Gasteiger partial charge in [0.25, 0.3) is 5.91 Å². The number of hydrogen-bond donors (Lipinski definition) is 2. The summed E-state index contributed by atoms with van der Waals surface area (Å²) in [6, 6.07) is 4.22. The normalized spacial score (nSPS) is 14.4. The molecule has 7 nitrogen and oxygen atoms in total. The van der Waals surface area contributed by atoms with Crippen molar-refractivity contribution in [1.82, 2.24) is 20.1 Å². The smallest absolute Gasteiger partial charge is 0.267 e. The van der Waals surface area contributed by atoms with Gasteiger partial charge in [0.05, 0.1) is 23.0 Å². The fourth-order valence-corrected chi connectivity index (χ4v) is 4.71. The summed E-state index contributed by atoms with van der Waals surface area (Å²) in [7, 11) is 0. The van der Waals surface area contributed by atoms with Crippen LogP contribution in [-0.2, 0) is 11.3 Å². The highest BCUT2D eigenvalue weighted by Crippen LogP contribution is 2.29. The Morgan fingerprint density at radius 3 is 2.89 bits per heavy atom. The molecule has 1 saturated carbocycles. The fraction of sp³-hybridized carbons (Fsp3) is 0.333. The standard InChI is InChI=1S/C18H19N5O2S2/c24-16(21-12-4-1-2-5-12)11-23-10-13(8-20-23)22-17(25)15-9-19-18(27-15)14-6-3-7-26-14/h3,6-10,12H,1-2,4-5,11H2,(H,21,24)(H,22,25). The van der Waals surface area contributed by atoms with Gasteiger partial charge in [-0.2, -0.15) is 5.10 Å². The third-order valence-electron chi connectivity index (χ3n) is 4.38. The first kappa shape index (κ1) is 17.9. The number of hydrogen-bond acceptors (Lipinski definition) is 6. The van der Waals surface area contributed by atoms with Gasteiger partial charge in [0, 0.05) is 12.2 Å². The molecule has 9 heteroatoms. The highest BCUT2D eigenvalue weighted by molar-refractivity contribution is 7.22. The molecule has 4 rings (SSSR count). The van der Waals surface area contributed by atoms with Gasteiger partial charge >= 0.3 is 0 Å². The van der Waals surface area contributed by atoms with Crippen molar-refractivity contribution in [2.75, 3.05) is 5.32 Å². The van der Waals surface area contributed by atoms with Gasteiger partial charge in [-0.3, -0.25) is 14.3 Å². The Morgan fingerprint density at radius 1 is 1.26 bits per heavy atom. The van der Waals surface area contributed by atoms with Gasteiger partial charge in [0.15, 0.2) is 0 Å². The Bertz CT molecular complexity index is 925. The van der Waals surface area contributed by atoms with E-state index in [0.29, 0.717) is 10.6 Å². The van der Waals surface area contributed by atoms with Gasteiger partial charge in [-0.05, 0) is 24.3 Å². The molecule has 0 radical (unpaired) electrons. The van der Waals surface area contributed by atoms with Crippen LogP contribution in [0.3, 0.4) is 0 Å². The SMILES string of the molecule is O=C(Cn1cc(NC(=O)c2cnc(-c3cccs3)s2)cn1)NC1CCCC1. The molecule has 0 aromatic carbocycles. The van der Waals surface area contributed by atoms with Gasteiger partial charge in [-0.15, -0.1) is 22.7 Å². The summed E-state index contributed by atoms with van der Waals surface area (Å²) in [6.45, 7) is 0.148. The number of aromatic nitrogens is 3. The van der Waals surface area contributed by atoms with Crippen molar-refractivity contribution in [3.63, 3.8) is 0 Å². The molecule has 0 saturated heterocycles. The van der Waals surface area contributed by atoms with Gasteiger partial charge < -0.3 is 10.6 Å². The van der Waals surface area contributed by atoms with E-state index in [1.165, 1.54) is 28.9 Å². The number of thiophene rings is 1. The highest BCUT2D eigenvalue weighted by atomic mass is 32.1. The van der Waals surface area contributed by atoms with Crippen LogP contribution < -0.4 is 10.6 Å². The van der Waals surface area contributed by atoms with Crippen LogP contribution in [0.25, 0.3) is 9.88 Å². The molecular weight excluding hydrogens is 382 g/mol. The minimum Gasteiger partial charge on any atom is -0.352 e. The zero-order valence-electron chi connectivity index (χ0n) is 14.6. The number of anilines is 1. The lowest BCUT2D eigenvalue weighted by Crippen LogP contribution is -2.35. The minimum atomic E-state index is -0.231. The molecule has 0 unspecified atom stereocenters. The average Bonchev–Trinajstić information content (AvgIpc) is 3.43. The lowest BCUT2D eigenvalue weighted by molar-refractivity contribution is -0.122. The van der Waals surface area contributed by atoms with Crippen LogP contribution in [0.15, 0.2) is 36.1 Å². The third kappa shape index (κ3) is 4.42. The van der Waals surface area contributed by atoms with E-state index in [1.807, 2.05) is 17.5 Å². The first-order valence-electron chi connectivity index (χ1n) is 8.80. The van der Waals surface area contributed by atoms with Crippen LogP contribution in [0.2, 0.25) is 0 Å². The van der Waals surface area contributed by atoms with Gasteiger partial charge in [0.1, 0.15) is 16.4 Å². The molecule has 1 aliphatic carbocycles. The summed E-state index contributed by atoms with van der Waals surface area (Å²) in [5.41, 5.74) is 0.555. The molecular formula is C18H19N5O2S2. The second-order valence-electron chi connectivity index (χ2n) is 6.44. The van der Waals surface area contributed by atoms with Crippen LogP contribution in [0.1, 0.15) is 35.4 Å². The second-order valence-corrected chi connectivity index (χ2v) is 8.41. The van der Waals surface area contributed by atoms with Crippen LogP contribution in [0, 0.1) is 0 Å².